The minimum atomic E-state index is -0.115. The topological polar surface area (TPSA) is 90.5 Å². The van der Waals surface area contributed by atoms with Gasteiger partial charge in [-0.3, -0.25) is 4.79 Å². The van der Waals surface area contributed by atoms with E-state index in [9.17, 15) is 4.79 Å². The minimum Gasteiger partial charge on any atom is -0.315 e. The van der Waals surface area contributed by atoms with Gasteiger partial charge < -0.3 is 9.88 Å². The second-order valence-corrected chi connectivity index (χ2v) is 8.99. The molecule has 0 unspecified atom stereocenters. The lowest BCUT2D eigenvalue weighted by atomic mass is 10.2. The fourth-order valence-corrected chi connectivity index (χ4v) is 4.82. The number of aromatic nitrogens is 6. The Hall–Kier alpha value is -3.33. The highest BCUT2D eigenvalue weighted by Crippen LogP contribution is 2.20. The molecule has 4 heterocycles. The van der Waals surface area contributed by atoms with Crippen LogP contribution < -0.4 is 5.32 Å². The van der Waals surface area contributed by atoms with Gasteiger partial charge in [-0.1, -0.05) is 24.6 Å². The molecule has 0 saturated heterocycles. The normalized spacial score (nSPS) is 13.5. The Morgan fingerprint density at radius 2 is 2.03 bits per heavy atom. The first-order valence-corrected chi connectivity index (χ1v) is 11.8. The zero-order valence-corrected chi connectivity index (χ0v) is 18.8. The molecule has 8 nitrogen and oxygen atoms in total. The maximum Gasteiger partial charge on any atom is 0.231 e. The molecule has 0 bridgehead atoms. The first-order chi connectivity index (χ1) is 15.7. The first-order valence-electron chi connectivity index (χ1n) is 10.9. The number of carbonyl (C=O) groups excluding carboxylic acids is 1. The monoisotopic (exact) mass is 447 g/mol. The smallest absolute Gasteiger partial charge is 0.231 e. The summed E-state index contributed by atoms with van der Waals surface area (Å²) in [6.45, 7) is 2.89. The van der Waals surface area contributed by atoms with Crippen LogP contribution in [0.1, 0.15) is 47.3 Å². The van der Waals surface area contributed by atoms with Crippen molar-refractivity contribution < 1.29 is 4.79 Å². The van der Waals surface area contributed by atoms with Crippen LogP contribution in [-0.2, 0) is 30.6 Å². The molecule has 0 aliphatic carbocycles. The van der Waals surface area contributed by atoms with Gasteiger partial charge in [0.25, 0.3) is 0 Å². The molecule has 0 radical (unpaired) electrons. The van der Waals surface area contributed by atoms with Crippen LogP contribution in [0.5, 0.6) is 0 Å². The van der Waals surface area contributed by atoms with Gasteiger partial charge in [-0.15, -0.1) is 21.5 Å². The van der Waals surface area contributed by atoms with Gasteiger partial charge in [-0.25, -0.2) is 9.67 Å². The van der Waals surface area contributed by atoms with Gasteiger partial charge in [0.05, 0.1) is 29.9 Å². The molecular formula is C23H25N7OS. The summed E-state index contributed by atoms with van der Waals surface area (Å²) in [6, 6.07) is 11.6. The van der Waals surface area contributed by atoms with Crippen LogP contribution in [0.4, 0.5) is 5.82 Å². The molecule has 1 amide bonds. The van der Waals surface area contributed by atoms with E-state index in [1.807, 2.05) is 48.7 Å². The van der Waals surface area contributed by atoms with Crippen molar-refractivity contribution in [2.24, 2.45) is 0 Å². The molecule has 0 saturated carbocycles. The average Bonchev–Trinajstić information content (AvgIpc) is 3.44. The van der Waals surface area contributed by atoms with E-state index in [0.29, 0.717) is 12.2 Å². The molecular weight excluding hydrogens is 422 g/mol. The summed E-state index contributed by atoms with van der Waals surface area (Å²) in [7, 11) is 0. The van der Waals surface area contributed by atoms with E-state index in [4.69, 9.17) is 0 Å². The molecule has 4 aromatic rings. The molecule has 32 heavy (non-hydrogen) atoms. The van der Waals surface area contributed by atoms with Crippen LogP contribution in [0.15, 0.2) is 41.8 Å². The van der Waals surface area contributed by atoms with Crippen LogP contribution in [0, 0.1) is 6.92 Å². The molecule has 9 heteroatoms. The summed E-state index contributed by atoms with van der Waals surface area (Å²) in [5.74, 6) is 2.59. The van der Waals surface area contributed by atoms with Gasteiger partial charge in [0.1, 0.15) is 22.5 Å². The number of carbonyl (C=O) groups is 1. The van der Waals surface area contributed by atoms with Gasteiger partial charge in [-0.05, 0) is 31.9 Å². The number of nitrogens with zero attached hydrogens (tertiary/aromatic N) is 6. The van der Waals surface area contributed by atoms with E-state index in [-0.39, 0.29) is 12.3 Å². The Morgan fingerprint density at radius 1 is 1.16 bits per heavy atom. The lowest BCUT2D eigenvalue weighted by Gasteiger charge is -2.08. The van der Waals surface area contributed by atoms with E-state index < -0.39 is 0 Å². The maximum absolute atomic E-state index is 12.7. The number of rotatable bonds is 6. The largest absolute Gasteiger partial charge is 0.315 e. The van der Waals surface area contributed by atoms with E-state index >= 15 is 0 Å². The van der Waals surface area contributed by atoms with Crippen LogP contribution in [0.2, 0.25) is 0 Å². The van der Waals surface area contributed by atoms with Crippen molar-refractivity contribution in [3.63, 3.8) is 0 Å². The number of fused-ring (bicyclic) bond motifs is 1. The van der Waals surface area contributed by atoms with Crippen molar-refractivity contribution >= 4 is 23.1 Å². The second-order valence-electron chi connectivity index (χ2n) is 8.05. The third-order valence-corrected chi connectivity index (χ3v) is 6.43. The fraction of sp³-hybridized carbons (Fsp3) is 0.348. The van der Waals surface area contributed by atoms with Crippen molar-refractivity contribution in [1.82, 2.24) is 29.5 Å². The Labute approximate surface area is 190 Å². The Kier molecular flexibility index (Phi) is 5.81. The number of amides is 1. The maximum atomic E-state index is 12.7. The summed E-state index contributed by atoms with van der Waals surface area (Å²) in [5, 5.41) is 19.2. The summed E-state index contributed by atoms with van der Waals surface area (Å²) >= 11 is 1.57. The van der Waals surface area contributed by atoms with Crippen molar-refractivity contribution in [3.8, 4) is 5.69 Å². The number of thiazole rings is 1. The minimum absolute atomic E-state index is 0.115. The SMILES string of the molecule is Cc1cc(NC(=O)Cc2csc(Cc3nnc4n3CCCCC4)n2)n(-c2ccccc2)n1. The van der Waals surface area contributed by atoms with Gasteiger partial charge >= 0.3 is 0 Å². The van der Waals surface area contributed by atoms with E-state index in [1.165, 1.54) is 19.3 Å². The first kappa shape index (κ1) is 20.6. The summed E-state index contributed by atoms with van der Waals surface area (Å²) in [6.07, 6.45) is 5.45. The molecule has 164 valence electrons. The third kappa shape index (κ3) is 4.47. The Balaban J connectivity index is 1.25. The number of anilines is 1. The standard InChI is InChI=1S/C23H25N7OS/c1-16-12-20(30(28-16)18-8-4-2-5-9-18)25-22(31)13-17-15-32-23(24-17)14-21-27-26-19-10-6-3-7-11-29(19)21/h2,4-5,8-9,12,15H,3,6-7,10-11,13-14H2,1H3,(H,25,31). The van der Waals surface area contributed by atoms with Crippen LogP contribution >= 0.6 is 11.3 Å². The molecule has 0 fully saturated rings. The zero-order chi connectivity index (χ0) is 21.9. The molecule has 3 aromatic heterocycles. The highest BCUT2D eigenvalue weighted by molar-refractivity contribution is 7.09. The van der Waals surface area contributed by atoms with E-state index in [1.54, 1.807) is 16.0 Å². The van der Waals surface area contributed by atoms with Crippen molar-refractivity contribution in [1.29, 1.82) is 0 Å². The molecule has 1 N–H and O–H groups in total. The van der Waals surface area contributed by atoms with E-state index in [0.717, 1.165) is 46.7 Å². The van der Waals surface area contributed by atoms with Crippen LogP contribution in [-0.4, -0.2) is 35.4 Å². The van der Waals surface area contributed by atoms with Gasteiger partial charge in [0, 0.05) is 24.4 Å². The number of benzene rings is 1. The van der Waals surface area contributed by atoms with Gasteiger partial charge in [0.2, 0.25) is 5.91 Å². The highest BCUT2D eigenvalue weighted by Gasteiger charge is 2.17. The van der Waals surface area contributed by atoms with Crippen molar-refractivity contribution in [2.45, 2.75) is 52.0 Å². The number of aryl methyl sites for hydroxylation is 2. The average molecular weight is 448 g/mol. The van der Waals surface area contributed by atoms with Crippen LogP contribution in [0.25, 0.3) is 5.69 Å². The third-order valence-electron chi connectivity index (χ3n) is 5.54. The van der Waals surface area contributed by atoms with Crippen molar-refractivity contribution in [3.05, 3.63) is 69.8 Å². The molecule has 0 atom stereocenters. The Morgan fingerprint density at radius 3 is 2.91 bits per heavy atom. The molecule has 5 rings (SSSR count). The van der Waals surface area contributed by atoms with Gasteiger partial charge in [0.15, 0.2) is 0 Å². The summed E-state index contributed by atoms with van der Waals surface area (Å²) in [5.41, 5.74) is 2.51. The predicted molar refractivity (Wildman–Crippen MR) is 123 cm³/mol. The zero-order valence-electron chi connectivity index (χ0n) is 18.0. The number of nitrogens with one attached hydrogen (secondary N) is 1. The summed E-state index contributed by atoms with van der Waals surface area (Å²) < 4.78 is 3.99. The highest BCUT2D eigenvalue weighted by atomic mass is 32.1. The lowest BCUT2D eigenvalue weighted by Crippen LogP contribution is -2.17. The molecule has 1 aliphatic heterocycles. The van der Waals surface area contributed by atoms with Crippen molar-refractivity contribution in [2.75, 3.05) is 5.32 Å². The second kappa shape index (κ2) is 9.04. The van der Waals surface area contributed by atoms with Gasteiger partial charge in [-0.2, -0.15) is 5.10 Å². The van der Waals surface area contributed by atoms with E-state index in [2.05, 4.69) is 30.2 Å². The predicted octanol–water partition coefficient (Wildman–Crippen LogP) is 3.73. The fourth-order valence-electron chi connectivity index (χ4n) is 4.03. The molecule has 1 aliphatic rings. The molecule has 1 aromatic carbocycles. The molecule has 0 spiro atoms. The Bertz CT molecular complexity index is 1220. The number of hydrogen-bond acceptors (Lipinski definition) is 6. The number of hydrogen-bond donors (Lipinski definition) is 1. The van der Waals surface area contributed by atoms with Crippen LogP contribution in [0.3, 0.4) is 0 Å². The summed E-state index contributed by atoms with van der Waals surface area (Å²) in [4.78, 5) is 17.4. The lowest BCUT2D eigenvalue weighted by molar-refractivity contribution is -0.115. The number of para-hydroxylation sites is 1. The quantitative estimate of drug-likeness (QED) is 0.486.